The minimum Gasteiger partial charge on any atom is -0.464 e. The van der Waals surface area contributed by atoms with Crippen LogP contribution >= 0.6 is 12.4 Å². The van der Waals surface area contributed by atoms with E-state index in [0.29, 0.717) is 12.1 Å². The number of carbonyl (C=O) groups excluding carboxylic acids is 1. The van der Waals surface area contributed by atoms with Gasteiger partial charge in [0.1, 0.15) is 5.60 Å². The Morgan fingerprint density at radius 1 is 1.53 bits per heavy atom. The highest BCUT2D eigenvalue weighted by Gasteiger charge is 2.42. The Morgan fingerprint density at radius 2 is 2.20 bits per heavy atom. The van der Waals surface area contributed by atoms with Crippen LogP contribution in [-0.4, -0.2) is 37.5 Å². The summed E-state index contributed by atoms with van der Waals surface area (Å²) in [6.07, 6.45) is 2.38. The third-order valence-corrected chi connectivity index (χ3v) is 2.77. The molecule has 2 heterocycles. The maximum Gasteiger partial charge on any atom is 0.355 e. The van der Waals surface area contributed by atoms with E-state index in [9.17, 15) is 4.79 Å². The normalized spacial score (nSPS) is 22.6. The van der Waals surface area contributed by atoms with Gasteiger partial charge in [-0.1, -0.05) is 5.16 Å². The van der Waals surface area contributed by atoms with Crippen molar-refractivity contribution in [1.29, 1.82) is 0 Å². The molecule has 0 atom stereocenters. The van der Waals surface area contributed by atoms with Crippen LogP contribution in [0, 0.1) is 0 Å². The number of methoxy groups -OCH3 is 1. The molecule has 0 aromatic heterocycles. The molecule has 1 fully saturated rings. The second kappa shape index (κ2) is 4.81. The van der Waals surface area contributed by atoms with Gasteiger partial charge in [0.15, 0.2) is 5.71 Å². The van der Waals surface area contributed by atoms with Crippen LogP contribution in [0.4, 0.5) is 0 Å². The van der Waals surface area contributed by atoms with E-state index >= 15 is 0 Å². The summed E-state index contributed by atoms with van der Waals surface area (Å²) in [4.78, 5) is 16.6. The Kier molecular flexibility index (Phi) is 3.93. The van der Waals surface area contributed by atoms with E-state index in [0.717, 1.165) is 25.9 Å². The first-order valence-electron chi connectivity index (χ1n) is 4.80. The van der Waals surface area contributed by atoms with E-state index in [2.05, 4.69) is 15.2 Å². The minimum atomic E-state index is -0.375. The Morgan fingerprint density at radius 3 is 2.80 bits per heavy atom. The molecular weight excluding hydrogens is 220 g/mol. The molecule has 15 heavy (non-hydrogen) atoms. The topological polar surface area (TPSA) is 59.9 Å². The Balaban J connectivity index is 0.00000112. The number of piperidine rings is 1. The zero-order valence-electron chi connectivity index (χ0n) is 8.62. The van der Waals surface area contributed by atoms with Gasteiger partial charge in [-0.3, -0.25) is 0 Å². The number of rotatable bonds is 1. The molecule has 0 amide bonds. The van der Waals surface area contributed by atoms with Crippen LogP contribution in [0.1, 0.15) is 19.3 Å². The Labute approximate surface area is 94.6 Å². The zero-order chi connectivity index (χ0) is 10.0. The van der Waals surface area contributed by atoms with Crippen molar-refractivity contribution in [3.05, 3.63) is 0 Å². The quantitative estimate of drug-likeness (QED) is 0.671. The molecule has 5 nitrogen and oxygen atoms in total. The fraction of sp³-hybridized carbons (Fsp3) is 0.778. The summed E-state index contributed by atoms with van der Waals surface area (Å²) in [6.45, 7) is 1.84. The number of esters is 1. The largest absolute Gasteiger partial charge is 0.464 e. The maximum atomic E-state index is 11.2. The number of nitrogens with one attached hydrogen (secondary N) is 1. The first-order chi connectivity index (χ1) is 6.76. The number of halogens is 1. The van der Waals surface area contributed by atoms with Gasteiger partial charge in [-0.05, 0) is 13.1 Å². The van der Waals surface area contributed by atoms with E-state index in [1.807, 2.05) is 0 Å². The average Bonchev–Trinajstić information content (AvgIpc) is 2.62. The summed E-state index contributed by atoms with van der Waals surface area (Å²) in [5, 5.41) is 7.04. The third kappa shape index (κ3) is 2.41. The molecule has 1 saturated heterocycles. The van der Waals surface area contributed by atoms with Crippen LogP contribution in [0.15, 0.2) is 5.16 Å². The van der Waals surface area contributed by atoms with E-state index in [1.54, 1.807) is 0 Å². The molecule has 0 aliphatic carbocycles. The summed E-state index contributed by atoms with van der Waals surface area (Å²) in [6, 6.07) is 0. The van der Waals surface area contributed by atoms with Crippen molar-refractivity contribution >= 4 is 24.1 Å². The summed E-state index contributed by atoms with van der Waals surface area (Å²) < 4.78 is 4.60. The van der Waals surface area contributed by atoms with Crippen molar-refractivity contribution in [2.45, 2.75) is 24.9 Å². The van der Waals surface area contributed by atoms with Crippen LogP contribution in [-0.2, 0) is 14.4 Å². The van der Waals surface area contributed by atoms with Gasteiger partial charge in [0, 0.05) is 19.3 Å². The smallest absolute Gasteiger partial charge is 0.355 e. The van der Waals surface area contributed by atoms with Crippen LogP contribution < -0.4 is 5.32 Å². The minimum absolute atomic E-state index is 0. The van der Waals surface area contributed by atoms with Gasteiger partial charge in [0.05, 0.1) is 7.11 Å². The summed E-state index contributed by atoms with van der Waals surface area (Å²) >= 11 is 0. The number of carbonyl (C=O) groups is 1. The van der Waals surface area contributed by atoms with Crippen molar-refractivity contribution in [3.8, 4) is 0 Å². The molecule has 86 valence electrons. The standard InChI is InChI=1S/C9H14N2O3.ClH/c1-13-8(12)7-6-9(14-11-7)2-4-10-5-3-9;/h10H,2-6H2,1H3;1H. The number of hydrogen-bond acceptors (Lipinski definition) is 5. The number of nitrogens with zero attached hydrogens (tertiary/aromatic N) is 1. The van der Waals surface area contributed by atoms with E-state index in [-0.39, 0.29) is 24.0 Å². The van der Waals surface area contributed by atoms with Gasteiger partial charge < -0.3 is 14.9 Å². The first kappa shape index (κ1) is 12.3. The second-order valence-electron chi connectivity index (χ2n) is 3.73. The highest BCUT2D eigenvalue weighted by atomic mass is 35.5. The van der Waals surface area contributed by atoms with Crippen molar-refractivity contribution in [2.24, 2.45) is 5.16 Å². The molecule has 0 radical (unpaired) electrons. The lowest BCUT2D eigenvalue weighted by Crippen LogP contribution is -2.42. The molecule has 0 aromatic carbocycles. The SMILES string of the molecule is COC(=O)C1=NOC2(CCNCC2)C1.Cl. The van der Waals surface area contributed by atoms with Crippen molar-refractivity contribution in [2.75, 3.05) is 20.2 Å². The van der Waals surface area contributed by atoms with Gasteiger partial charge in [-0.25, -0.2) is 4.79 Å². The Hall–Kier alpha value is -0.810. The van der Waals surface area contributed by atoms with Crippen LogP contribution in [0.5, 0.6) is 0 Å². The average molecular weight is 235 g/mol. The highest BCUT2D eigenvalue weighted by molar-refractivity contribution is 6.36. The molecule has 0 aromatic rings. The van der Waals surface area contributed by atoms with Crippen molar-refractivity contribution in [3.63, 3.8) is 0 Å². The van der Waals surface area contributed by atoms with Crippen LogP contribution in [0.2, 0.25) is 0 Å². The molecule has 2 aliphatic heterocycles. The molecule has 0 unspecified atom stereocenters. The van der Waals surface area contributed by atoms with Crippen molar-refractivity contribution < 1.29 is 14.4 Å². The molecule has 0 bridgehead atoms. The molecular formula is C9H15ClN2O3. The number of hydrogen-bond donors (Lipinski definition) is 1. The molecule has 2 aliphatic rings. The zero-order valence-corrected chi connectivity index (χ0v) is 9.43. The molecule has 1 N–H and O–H groups in total. The van der Waals surface area contributed by atoms with Crippen LogP contribution in [0.3, 0.4) is 0 Å². The summed E-state index contributed by atoms with van der Waals surface area (Å²) in [7, 11) is 1.36. The van der Waals surface area contributed by atoms with E-state index in [4.69, 9.17) is 4.84 Å². The fourth-order valence-corrected chi connectivity index (χ4v) is 1.90. The predicted octanol–water partition coefficient (Wildman–Crippen LogP) is 0.480. The lowest BCUT2D eigenvalue weighted by Gasteiger charge is -2.30. The molecule has 6 heteroatoms. The van der Waals surface area contributed by atoms with Crippen LogP contribution in [0.25, 0.3) is 0 Å². The first-order valence-corrected chi connectivity index (χ1v) is 4.80. The maximum absolute atomic E-state index is 11.2. The third-order valence-electron chi connectivity index (χ3n) is 2.77. The summed E-state index contributed by atoms with van der Waals surface area (Å²) in [5.74, 6) is -0.375. The number of oxime groups is 1. The van der Waals surface area contributed by atoms with Gasteiger partial charge in [-0.15, -0.1) is 12.4 Å². The molecule has 0 saturated carbocycles. The molecule has 1 spiro atoms. The fourth-order valence-electron chi connectivity index (χ4n) is 1.90. The summed E-state index contributed by atoms with van der Waals surface area (Å²) in [5.41, 5.74) is 0.170. The van der Waals surface area contributed by atoms with Gasteiger partial charge in [0.25, 0.3) is 0 Å². The van der Waals surface area contributed by atoms with Gasteiger partial charge >= 0.3 is 5.97 Å². The van der Waals surface area contributed by atoms with E-state index in [1.165, 1.54) is 7.11 Å². The lowest BCUT2D eigenvalue weighted by molar-refractivity contribution is -0.132. The monoisotopic (exact) mass is 234 g/mol. The molecule has 2 rings (SSSR count). The van der Waals surface area contributed by atoms with Crippen molar-refractivity contribution in [1.82, 2.24) is 5.32 Å². The lowest BCUT2D eigenvalue weighted by atomic mass is 9.88. The predicted molar refractivity (Wildman–Crippen MR) is 57.2 cm³/mol. The Bertz CT molecular complexity index is 275. The van der Waals surface area contributed by atoms with Gasteiger partial charge in [-0.2, -0.15) is 0 Å². The second-order valence-corrected chi connectivity index (χ2v) is 3.73. The van der Waals surface area contributed by atoms with E-state index < -0.39 is 0 Å². The highest BCUT2D eigenvalue weighted by Crippen LogP contribution is 2.32. The number of ether oxygens (including phenoxy) is 1. The van der Waals surface area contributed by atoms with Gasteiger partial charge in [0.2, 0.25) is 0 Å².